The first kappa shape index (κ1) is 11.8. The van der Waals surface area contributed by atoms with Gasteiger partial charge in [-0.3, -0.25) is 0 Å². The summed E-state index contributed by atoms with van der Waals surface area (Å²) in [4.78, 5) is 0. The van der Waals surface area contributed by atoms with E-state index in [2.05, 4.69) is 11.8 Å². The predicted molar refractivity (Wildman–Crippen MR) is 54.0 cm³/mol. The Hall–Kier alpha value is -0.270. The van der Waals surface area contributed by atoms with Crippen LogP contribution in [0.15, 0.2) is 0 Å². The molecule has 1 aliphatic heterocycles. The zero-order chi connectivity index (χ0) is 10.1. The Balaban J connectivity index is 1.98. The van der Waals surface area contributed by atoms with Crippen LogP contribution in [-0.4, -0.2) is 32.2 Å². The molecule has 1 aliphatic rings. The third kappa shape index (κ3) is 5.46. The first-order valence-corrected chi connectivity index (χ1v) is 5.29. The summed E-state index contributed by atoms with van der Waals surface area (Å²) in [7, 11) is 0. The highest BCUT2D eigenvalue weighted by Gasteiger charge is 2.12. The molecule has 0 aromatic carbocycles. The van der Waals surface area contributed by atoms with Crippen molar-refractivity contribution in [1.29, 1.82) is 0 Å². The molecule has 1 rings (SSSR count). The van der Waals surface area contributed by atoms with Crippen molar-refractivity contribution in [2.75, 3.05) is 25.9 Å². The van der Waals surface area contributed by atoms with Crippen LogP contribution in [0, 0.1) is 11.8 Å². The predicted octanol–water partition coefficient (Wildman–Crippen LogP) is 1.75. The Bertz CT molecular complexity index is 191. The van der Waals surface area contributed by atoms with Crippen LogP contribution >= 0.6 is 11.6 Å². The Morgan fingerprint density at radius 3 is 2.86 bits per heavy atom. The summed E-state index contributed by atoms with van der Waals surface area (Å²) in [6, 6.07) is 0.182. The molecule has 1 saturated heterocycles. The van der Waals surface area contributed by atoms with Crippen molar-refractivity contribution in [3.05, 3.63) is 0 Å². The summed E-state index contributed by atoms with van der Waals surface area (Å²) in [6.07, 6.45) is 3.22. The molecule has 1 heterocycles. The number of halogens is 1. The van der Waals surface area contributed by atoms with E-state index in [0.717, 1.165) is 19.4 Å². The Kier molecular flexibility index (Phi) is 6.81. The van der Waals surface area contributed by atoms with Crippen molar-refractivity contribution in [3.8, 4) is 11.8 Å². The molecule has 0 radical (unpaired) electrons. The van der Waals surface area contributed by atoms with Crippen molar-refractivity contribution >= 4 is 11.6 Å². The summed E-state index contributed by atoms with van der Waals surface area (Å²) < 4.78 is 15.6. The van der Waals surface area contributed by atoms with E-state index in [1.807, 2.05) is 0 Å². The maximum Gasteiger partial charge on any atom is 0.158 e. The molecule has 1 atom stereocenters. The van der Waals surface area contributed by atoms with Crippen LogP contribution in [0.4, 0.5) is 0 Å². The van der Waals surface area contributed by atoms with E-state index in [1.54, 1.807) is 0 Å². The van der Waals surface area contributed by atoms with Gasteiger partial charge in [0.1, 0.15) is 19.3 Å². The number of alkyl halides is 1. The van der Waals surface area contributed by atoms with Crippen LogP contribution in [0.1, 0.15) is 19.3 Å². The summed E-state index contributed by atoms with van der Waals surface area (Å²) in [6.45, 7) is 1.56. The van der Waals surface area contributed by atoms with E-state index in [9.17, 15) is 0 Å². The van der Waals surface area contributed by atoms with Gasteiger partial charge in [0.15, 0.2) is 6.29 Å². The maximum absolute atomic E-state index is 5.38. The van der Waals surface area contributed by atoms with Gasteiger partial charge in [-0.15, -0.1) is 0 Å². The maximum atomic E-state index is 5.38. The topological polar surface area (TPSA) is 27.7 Å². The average Bonchev–Trinajstić information content (AvgIpc) is 2.25. The van der Waals surface area contributed by atoms with Crippen molar-refractivity contribution < 1.29 is 14.2 Å². The lowest BCUT2D eigenvalue weighted by Gasteiger charge is -2.21. The zero-order valence-corrected chi connectivity index (χ0v) is 8.89. The molecule has 0 aromatic heterocycles. The first-order chi connectivity index (χ1) is 6.93. The van der Waals surface area contributed by atoms with Crippen LogP contribution in [0.3, 0.4) is 0 Å². The average molecular weight is 219 g/mol. The molecule has 14 heavy (non-hydrogen) atoms. The molecule has 1 unspecified atom stereocenters. The van der Waals surface area contributed by atoms with E-state index in [-0.39, 0.29) is 12.4 Å². The quantitative estimate of drug-likeness (QED) is 0.409. The third-order valence-corrected chi connectivity index (χ3v) is 2.01. The smallest absolute Gasteiger partial charge is 0.158 e. The van der Waals surface area contributed by atoms with E-state index in [4.69, 9.17) is 25.8 Å². The summed E-state index contributed by atoms with van der Waals surface area (Å²) in [5.41, 5.74) is 0. The zero-order valence-electron chi connectivity index (χ0n) is 8.13. The van der Waals surface area contributed by atoms with Gasteiger partial charge in [-0.25, -0.2) is 0 Å². The molecule has 0 bridgehead atoms. The summed E-state index contributed by atoms with van der Waals surface area (Å²) >= 11 is 5.29. The Morgan fingerprint density at radius 2 is 2.14 bits per heavy atom. The highest BCUT2D eigenvalue weighted by Crippen LogP contribution is 2.12. The van der Waals surface area contributed by atoms with Gasteiger partial charge in [-0.2, -0.15) is 0 Å². The van der Waals surface area contributed by atoms with Gasteiger partial charge in [0.05, 0.1) is 0 Å². The second-order valence-electron chi connectivity index (χ2n) is 2.92. The van der Waals surface area contributed by atoms with Crippen molar-refractivity contribution in [2.45, 2.75) is 25.6 Å². The highest BCUT2D eigenvalue weighted by molar-refractivity contribution is 6.17. The minimum Gasteiger partial charge on any atom is -0.353 e. The lowest BCUT2D eigenvalue weighted by molar-refractivity contribution is -0.154. The molecule has 80 valence electrons. The monoisotopic (exact) mass is 218 g/mol. The molecule has 1 fully saturated rings. The molecular formula is C10H15ClO3. The minimum absolute atomic E-state index is 0.0630. The van der Waals surface area contributed by atoms with Gasteiger partial charge in [-0.1, -0.05) is 23.4 Å². The van der Waals surface area contributed by atoms with E-state index >= 15 is 0 Å². The van der Waals surface area contributed by atoms with Gasteiger partial charge in [0.2, 0.25) is 0 Å². The molecule has 3 nitrogen and oxygen atoms in total. The van der Waals surface area contributed by atoms with Gasteiger partial charge < -0.3 is 14.2 Å². The fraction of sp³-hybridized carbons (Fsp3) is 0.800. The molecule has 0 aliphatic carbocycles. The van der Waals surface area contributed by atoms with E-state index in [0.29, 0.717) is 13.2 Å². The largest absolute Gasteiger partial charge is 0.353 e. The van der Waals surface area contributed by atoms with Gasteiger partial charge >= 0.3 is 0 Å². The third-order valence-electron chi connectivity index (χ3n) is 1.86. The molecule has 0 spiro atoms. The lowest BCUT2D eigenvalue weighted by atomic mass is 10.2. The summed E-state index contributed by atoms with van der Waals surface area (Å²) in [5.74, 6) is 5.62. The fourth-order valence-corrected chi connectivity index (χ4v) is 1.25. The second-order valence-corrected chi connectivity index (χ2v) is 3.14. The van der Waals surface area contributed by atoms with Gasteiger partial charge in [0, 0.05) is 6.61 Å². The van der Waals surface area contributed by atoms with Crippen LogP contribution in [-0.2, 0) is 14.2 Å². The molecule has 4 heteroatoms. The molecular weight excluding hydrogens is 204 g/mol. The number of hydrogen-bond acceptors (Lipinski definition) is 3. The lowest BCUT2D eigenvalue weighted by Crippen LogP contribution is -2.22. The second kappa shape index (κ2) is 8.07. The van der Waals surface area contributed by atoms with Crippen LogP contribution in [0.25, 0.3) is 0 Å². The standard InChI is InChI=1S/C10H15ClO3/c11-9-12-6-3-4-8-14-10-5-1-2-7-13-10/h10H,1-2,5-9H2. The molecule has 0 N–H and O–H groups in total. The minimum atomic E-state index is -0.0630. The number of rotatable bonds is 4. The molecule has 0 aromatic rings. The fourth-order valence-electron chi connectivity index (χ4n) is 1.17. The van der Waals surface area contributed by atoms with E-state index < -0.39 is 0 Å². The van der Waals surface area contributed by atoms with Crippen molar-refractivity contribution in [1.82, 2.24) is 0 Å². The van der Waals surface area contributed by atoms with Crippen molar-refractivity contribution in [2.24, 2.45) is 0 Å². The number of ether oxygens (including phenoxy) is 3. The first-order valence-electron chi connectivity index (χ1n) is 4.76. The number of hydrogen-bond donors (Lipinski definition) is 0. The Labute approximate surface area is 89.7 Å². The van der Waals surface area contributed by atoms with Gasteiger partial charge in [-0.05, 0) is 19.3 Å². The molecule has 0 saturated carbocycles. The van der Waals surface area contributed by atoms with Crippen LogP contribution in [0.5, 0.6) is 0 Å². The van der Waals surface area contributed by atoms with Gasteiger partial charge in [0.25, 0.3) is 0 Å². The van der Waals surface area contributed by atoms with E-state index in [1.165, 1.54) is 6.42 Å². The van der Waals surface area contributed by atoms with Crippen molar-refractivity contribution in [3.63, 3.8) is 0 Å². The highest BCUT2D eigenvalue weighted by atomic mass is 35.5. The van der Waals surface area contributed by atoms with Crippen LogP contribution < -0.4 is 0 Å². The SMILES string of the molecule is ClCOCC#CCOC1CCCCO1. The Morgan fingerprint density at radius 1 is 1.29 bits per heavy atom. The van der Waals surface area contributed by atoms with Crippen LogP contribution in [0.2, 0.25) is 0 Å². The normalized spacial score (nSPS) is 21.4. The molecule has 0 amide bonds. The summed E-state index contributed by atoms with van der Waals surface area (Å²) in [5, 5.41) is 0.